The summed E-state index contributed by atoms with van der Waals surface area (Å²) in [6.45, 7) is 1.90. The second-order valence-corrected chi connectivity index (χ2v) is 8.74. The van der Waals surface area contributed by atoms with Crippen LogP contribution in [0.2, 0.25) is 0 Å². The van der Waals surface area contributed by atoms with Gasteiger partial charge in [-0.25, -0.2) is 8.42 Å². The van der Waals surface area contributed by atoms with E-state index in [1.54, 1.807) is 72.4 Å². The molecule has 0 aliphatic carbocycles. The van der Waals surface area contributed by atoms with Crippen LogP contribution < -0.4 is 10.0 Å². The molecule has 0 saturated heterocycles. The molecule has 28 heavy (non-hydrogen) atoms. The molecule has 7 heteroatoms. The van der Waals surface area contributed by atoms with E-state index >= 15 is 0 Å². The highest BCUT2D eigenvalue weighted by molar-refractivity contribution is 7.98. The van der Waals surface area contributed by atoms with E-state index in [9.17, 15) is 13.2 Å². The Labute approximate surface area is 169 Å². The smallest absolute Gasteiger partial charge is 0.261 e. The van der Waals surface area contributed by atoms with Crippen molar-refractivity contribution in [1.29, 1.82) is 0 Å². The second-order valence-electron chi connectivity index (χ2n) is 6.18. The number of benzene rings is 3. The summed E-state index contributed by atoms with van der Waals surface area (Å²) in [4.78, 5) is 13.6. The van der Waals surface area contributed by atoms with Gasteiger partial charge in [0.25, 0.3) is 15.9 Å². The molecule has 5 nitrogen and oxygen atoms in total. The van der Waals surface area contributed by atoms with Gasteiger partial charge in [0.1, 0.15) is 0 Å². The molecule has 0 fully saturated rings. The Morgan fingerprint density at radius 3 is 1.96 bits per heavy atom. The average molecular weight is 413 g/mol. The highest BCUT2D eigenvalue weighted by Crippen LogP contribution is 2.20. The van der Waals surface area contributed by atoms with Crippen LogP contribution in [-0.2, 0) is 10.0 Å². The average Bonchev–Trinajstić information content (AvgIpc) is 2.69. The fourth-order valence-corrected chi connectivity index (χ4v) is 3.97. The van der Waals surface area contributed by atoms with Gasteiger partial charge in [-0.1, -0.05) is 17.7 Å². The van der Waals surface area contributed by atoms with E-state index < -0.39 is 10.0 Å². The summed E-state index contributed by atoms with van der Waals surface area (Å²) in [6, 6.07) is 20.5. The number of anilines is 2. The molecule has 0 aromatic heterocycles. The fourth-order valence-electron chi connectivity index (χ4n) is 2.50. The topological polar surface area (TPSA) is 75.3 Å². The number of aryl methyl sites for hydroxylation is 1. The van der Waals surface area contributed by atoms with Crippen LogP contribution in [0.4, 0.5) is 11.4 Å². The van der Waals surface area contributed by atoms with Gasteiger partial charge < -0.3 is 5.32 Å². The molecule has 3 aromatic rings. The molecular weight excluding hydrogens is 392 g/mol. The van der Waals surface area contributed by atoms with Crippen molar-refractivity contribution in [3.05, 3.63) is 83.9 Å². The molecular formula is C21H20N2O3S2. The van der Waals surface area contributed by atoms with E-state index in [2.05, 4.69) is 10.0 Å². The minimum atomic E-state index is -3.65. The minimum Gasteiger partial charge on any atom is -0.322 e. The summed E-state index contributed by atoms with van der Waals surface area (Å²) < 4.78 is 27.4. The van der Waals surface area contributed by atoms with Gasteiger partial charge in [-0.15, -0.1) is 11.8 Å². The minimum absolute atomic E-state index is 0.198. The van der Waals surface area contributed by atoms with Gasteiger partial charge in [-0.3, -0.25) is 9.52 Å². The van der Waals surface area contributed by atoms with E-state index in [-0.39, 0.29) is 10.8 Å². The van der Waals surface area contributed by atoms with Crippen molar-refractivity contribution in [1.82, 2.24) is 0 Å². The molecule has 1 amide bonds. The Kier molecular flexibility index (Phi) is 6.06. The summed E-state index contributed by atoms with van der Waals surface area (Å²) >= 11 is 1.61. The zero-order valence-electron chi connectivity index (χ0n) is 15.5. The molecule has 0 aliphatic rings. The third-order valence-electron chi connectivity index (χ3n) is 4.08. The van der Waals surface area contributed by atoms with E-state index in [1.807, 2.05) is 25.3 Å². The SMILES string of the molecule is CSc1ccc(C(=O)Nc2ccc(NS(=O)(=O)c3ccc(C)cc3)cc2)cc1. The Bertz CT molecular complexity index is 1060. The Hall–Kier alpha value is -2.77. The number of hydrogen-bond donors (Lipinski definition) is 2. The number of amides is 1. The summed E-state index contributed by atoms with van der Waals surface area (Å²) in [6.07, 6.45) is 1.98. The van der Waals surface area contributed by atoms with Crippen LogP contribution in [0.3, 0.4) is 0 Å². The van der Waals surface area contributed by atoms with E-state index in [0.717, 1.165) is 10.5 Å². The lowest BCUT2D eigenvalue weighted by Gasteiger charge is -2.10. The summed E-state index contributed by atoms with van der Waals surface area (Å²) in [5.74, 6) is -0.222. The third kappa shape index (κ3) is 4.94. The van der Waals surface area contributed by atoms with Crippen molar-refractivity contribution in [3.8, 4) is 0 Å². The van der Waals surface area contributed by atoms with Crippen molar-refractivity contribution in [2.45, 2.75) is 16.7 Å². The van der Waals surface area contributed by atoms with Crippen LogP contribution >= 0.6 is 11.8 Å². The van der Waals surface area contributed by atoms with Gasteiger partial charge in [0, 0.05) is 21.8 Å². The lowest BCUT2D eigenvalue weighted by molar-refractivity contribution is 0.102. The van der Waals surface area contributed by atoms with Gasteiger partial charge in [0.2, 0.25) is 0 Å². The van der Waals surface area contributed by atoms with Crippen molar-refractivity contribution >= 4 is 39.1 Å². The monoisotopic (exact) mass is 412 g/mol. The van der Waals surface area contributed by atoms with Gasteiger partial charge in [0.15, 0.2) is 0 Å². The molecule has 0 radical (unpaired) electrons. The lowest BCUT2D eigenvalue weighted by Crippen LogP contribution is -2.13. The molecule has 0 unspecified atom stereocenters. The Morgan fingerprint density at radius 1 is 0.821 bits per heavy atom. The molecule has 0 bridgehead atoms. The second kappa shape index (κ2) is 8.50. The van der Waals surface area contributed by atoms with E-state index in [4.69, 9.17) is 0 Å². The van der Waals surface area contributed by atoms with Crippen LogP contribution in [0.1, 0.15) is 15.9 Å². The number of carbonyl (C=O) groups excluding carboxylic acids is 1. The molecule has 0 aliphatic heterocycles. The quantitative estimate of drug-likeness (QED) is 0.572. The maximum Gasteiger partial charge on any atom is 0.261 e. The number of sulfonamides is 1. The standard InChI is InChI=1S/C21H20N2O3S2/c1-15-3-13-20(14-4-15)28(25,26)23-18-9-7-17(8-10-18)22-21(24)16-5-11-19(27-2)12-6-16/h3-14,23H,1-2H3,(H,22,24). The first-order valence-electron chi connectivity index (χ1n) is 8.52. The summed E-state index contributed by atoms with van der Waals surface area (Å²) in [7, 11) is -3.65. The van der Waals surface area contributed by atoms with Gasteiger partial charge in [-0.05, 0) is 73.8 Å². The first kappa shape index (κ1) is 20.0. The van der Waals surface area contributed by atoms with Crippen molar-refractivity contribution in [2.75, 3.05) is 16.3 Å². The van der Waals surface area contributed by atoms with E-state index in [0.29, 0.717) is 16.9 Å². The number of carbonyl (C=O) groups is 1. The zero-order chi connectivity index (χ0) is 20.1. The summed E-state index contributed by atoms with van der Waals surface area (Å²) in [5, 5.41) is 2.80. The molecule has 0 spiro atoms. The van der Waals surface area contributed by atoms with Gasteiger partial charge in [0.05, 0.1) is 4.90 Å². The lowest BCUT2D eigenvalue weighted by atomic mass is 10.2. The molecule has 3 aromatic carbocycles. The van der Waals surface area contributed by atoms with Gasteiger partial charge >= 0.3 is 0 Å². The maximum absolute atomic E-state index is 12.4. The Balaban J connectivity index is 1.67. The number of nitrogens with one attached hydrogen (secondary N) is 2. The van der Waals surface area contributed by atoms with E-state index in [1.165, 1.54) is 0 Å². The first-order valence-corrected chi connectivity index (χ1v) is 11.2. The maximum atomic E-state index is 12.4. The van der Waals surface area contributed by atoms with Crippen molar-refractivity contribution in [2.24, 2.45) is 0 Å². The zero-order valence-corrected chi connectivity index (χ0v) is 17.1. The fraction of sp³-hybridized carbons (Fsp3) is 0.0952. The van der Waals surface area contributed by atoms with Crippen LogP contribution in [0.5, 0.6) is 0 Å². The molecule has 144 valence electrons. The highest BCUT2D eigenvalue weighted by atomic mass is 32.2. The number of rotatable bonds is 6. The predicted octanol–water partition coefficient (Wildman–Crippen LogP) is 4.77. The molecule has 3 rings (SSSR count). The number of hydrogen-bond acceptors (Lipinski definition) is 4. The number of thioether (sulfide) groups is 1. The van der Waals surface area contributed by atoms with Gasteiger partial charge in [-0.2, -0.15) is 0 Å². The highest BCUT2D eigenvalue weighted by Gasteiger charge is 2.14. The van der Waals surface area contributed by atoms with Crippen LogP contribution in [-0.4, -0.2) is 20.6 Å². The molecule has 0 saturated carbocycles. The van der Waals surface area contributed by atoms with Crippen LogP contribution in [0.25, 0.3) is 0 Å². The third-order valence-corrected chi connectivity index (χ3v) is 6.22. The molecule has 0 heterocycles. The predicted molar refractivity (Wildman–Crippen MR) is 115 cm³/mol. The Morgan fingerprint density at radius 2 is 1.39 bits per heavy atom. The van der Waals surface area contributed by atoms with Crippen LogP contribution in [0, 0.1) is 6.92 Å². The first-order chi connectivity index (χ1) is 13.4. The summed E-state index contributed by atoms with van der Waals surface area (Å²) in [5.41, 5.74) is 2.55. The van der Waals surface area contributed by atoms with Crippen LogP contribution in [0.15, 0.2) is 82.6 Å². The van der Waals surface area contributed by atoms with Crippen molar-refractivity contribution < 1.29 is 13.2 Å². The molecule has 2 N–H and O–H groups in total. The normalized spacial score (nSPS) is 11.1. The largest absolute Gasteiger partial charge is 0.322 e. The molecule has 0 atom stereocenters. The van der Waals surface area contributed by atoms with Crippen molar-refractivity contribution in [3.63, 3.8) is 0 Å².